The Morgan fingerprint density at radius 2 is 2.07 bits per heavy atom. The van der Waals surface area contributed by atoms with Crippen molar-refractivity contribution in [1.29, 1.82) is 0 Å². The van der Waals surface area contributed by atoms with Gasteiger partial charge in [0.25, 0.3) is 0 Å². The van der Waals surface area contributed by atoms with E-state index in [0.29, 0.717) is 19.6 Å². The second kappa shape index (κ2) is 15.2. The van der Waals surface area contributed by atoms with Crippen molar-refractivity contribution in [1.82, 2.24) is 5.32 Å². The van der Waals surface area contributed by atoms with Gasteiger partial charge in [-0.25, -0.2) is 0 Å². The molecule has 0 rings (SSSR count). The van der Waals surface area contributed by atoms with E-state index in [0.717, 1.165) is 19.4 Å². The van der Waals surface area contributed by atoms with Crippen LogP contribution in [0.25, 0.3) is 5.73 Å². The van der Waals surface area contributed by atoms with Crippen LogP contribution in [0.4, 0.5) is 0 Å². The second-order valence-corrected chi connectivity index (χ2v) is 3.17. The van der Waals surface area contributed by atoms with E-state index < -0.39 is 0 Å². The van der Waals surface area contributed by atoms with Gasteiger partial charge in [0.15, 0.2) is 0 Å². The molecule has 0 radical (unpaired) electrons. The van der Waals surface area contributed by atoms with Crippen LogP contribution in [0.1, 0.15) is 32.6 Å². The minimum absolute atomic E-state index is 0. The van der Waals surface area contributed by atoms with Gasteiger partial charge in [-0.1, -0.05) is 19.8 Å². The van der Waals surface area contributed by atoms with Gasteiger partial charge in [-0.2, -0.15) is 0 Å². The van der Waals surface area contributed by atoms with Gasteiger partial charge in [-0.15, -0.1) is 6.54 Å². The van der Waals surface area contributed by atoms with Crippen LogP contribution < -0.4 is 63.5 Å². The SMILES string of the molecule is CCCCCNC(=O)CCOCC[NH-].[Rb+]. The van der Waals surface area contributed by atoms with Crippen LogP contribution in [0.2, 0.25) is 0 Å². The molecule has 0 aliphatic carbocycles. The van der Waals surface area contributed by atoms with Crippen LogP contribution in [0.5, 0.6) is 0 Å². The predicted molar refractivity (Wildman–Crippen MR) is 57.2 cm³/mol. The predicted octanol–water partition coefficient (Wildman–Crippen LogP) is -1.24. The van der Waals surface area contributed by atoms with Crippen molar-refractivity contribution in [2.45, 2.75) is 32.6 Å². The number of rotatable bonds is 9. The summed E-state index contributed by atoms with van der Waals surface area (Å²) in [5.41, 5.74) is 6.82. The molecule has 4 nitrogen and oxygen atoms in total. The maximum atomic E-state index is 11.1. The van der Waals surface area contributed by atoms with Crippen molar-refractivity contribution in [3.63, 3.8) is 0 Å². The summed E-state index contributed by atoms with van der Waals surface area (Å²) in [6, 6.07) is 0. The quantitative estimate of drug-likeness (QED) is 0.539. The summed E-state index contributed by atoms with van der Waals surface area (Å²) >= 11 is 0. The standard InChI is InChI=1S/C10H21N2O2.Rb/c1-2-3-4-7-12-10(13)5-8-14-9-6-11;/h11H,2-9H2,1H3,(H,12,13);/q-1;+1. The Labute approximate surface area is 141 Å². The van der Waals surface area contributed by atoms with Crippen molar-refractivity contribution in [2.75, 3.05) is 26.3 Å². The minimum atomic E-state index is 0. The van der Waals surface area contributed by atoms with Gasteiger partial charge in [-0.05, 0) is 6.42 Å². The Morgan fingerprint density at radius 3 is 2.67 bits per heavy atom. The number of carbonyl (C=O) groups is 1. The fourth-order valence-electron chi connectivity index (χ4n) is 1.03. The molecule has 0 aromatic rings. The summed E-state index contributed by atoms with van der Waals surface area (Å²) in [4.78, 5) is 11.1. The van der Waals surface area contributed by atoms with E-state index in [2.05, 4.69) is 12.2 Å². The molecule has 0 heterocycles. The topological polar surface area (TPSA) is 62.1 Å². The Hall–Kier alpha value is 1.20. The van der Waals surface area contributed by atoms with Crippen LogP contribution >= 0.6 is 0 Å². The van der Waals surface area contributed by atoms with Gasteiger partial charge in [0.05, 0.1) is 6.61 Å². The van der Waals surface area contributed by atoms with Gasteiger partial charge in [0.1, 0.15) is 0 Å². The first-order chi connectivity index (χ1) is 6.81. The number of ether oxygens (including phenoxy) is 1. The molecule has 0 atom stereocenters. The summed E-state index contributed by atoms with van der Waals surface area (Å²) in [7, 11) is 0. The molecule has 0 aromatic carbocycles. The molecule has 15 heavy (non-hydrogen) atoms. The Balaban J connectivity index is 0. The molecule has 0 aliphatic heterocycles. The molecule has 0 fully saturated rings. The van der Waals surface area contributed by atoms with Crippen LogP contribution in [0, 0.1) is 0 Å². The van der Waals surface area contributed by atoms with Crippen molar-refractivity contribution in [2.24, 2.45) is 0 Å². The first-order valence-electron chi connectivity index (χ1n) is 5.30. The molecule has 0 unspecified atom stereocenters. The summed E-state index contributed by atoms with van der Waals surface area (Å²) < 4.78 is 5.03. The summed E-state index contributed by atoms with van der Waals surface area (Å²) in [6.45, 7) is 4.02. The maximum absolute atomic E-state index is 11.1. The normalized spacial score (nSPS) is 9.47. The third kappa shape index (κ3) is 15.2. The first kappa shape index (κ1) is 18.6. The number of hydrogen-bond donors (Lipinski definition) is 1. The summed E-state index contributed by atoms with van der Waals surface area (Å²) in [5, 5.41) is 2.83. The second-order valence-electron chi connectivity index (χ2n) is 3.17. The molecule has 0 spiro atoms. The molecule has 1 amide bonds. The average molecular weight is 287 g/mol. The number of amides is 1. The average Bonchev–Trinajstić information content (AvgIpc) is 2.19. The Bertz CT molecular complexity index is 131. The van der Waals surface area contributed by atoms with Gasteiger partial charge in [-0.3, -0.25) is 4.79 Å². The molecule has 5 heteroatoms. The van der Waals surface area contributed by atoms with E-state index in [1.54, 1.807) is 0 Å². The van der Waals surface area contributed by atoms with Crippen LogP contribution in [0.15, 0.2) is 0 Å². The molecule has 0 saturated carbocycles. The molecular formula is C10H21N2O2Rb. The fraction of sp³-hybridized carbons (Fsp3) is 0.900. The molecule has 0 aromatic heterocycles. The van der Waals surface area contributed by atoms with E-state index in [1.807, 2.05) is 0 Å². The largest absolute Gasteiger partial charge is 1.00 e. The number of unbranched alkanes of at least 4 members (excludes halogenated alkanes) is 2. The zero-order valence-corrected chi connectivity index (χ0v) is 14.9. The van der Waals surface area contributed by atoms with E-state index in [1.165, 1.54) is 6.42 Å². The molecular weight excluding hydrogens is 266 g/mol. The molecule has 2 N–H and O–H groups in total. The summed E-state index contributed by atoms with van der Waals surface area (Å²) in [5.74, 6) is 0.0473. The molecule has 0 bridgehead atoms. The fourth-order valence-corrected chi connectivity index (χ4v) is 1.03. The zero-order valence-electron chi connectivity index (χ0n) is 9.97. The first-order valence-corrected chi connectivity index (χ1v) is 5.30. The van der Waals surface area contributed by atoms with Crippen LogP contribution in [0.3, 0.4) is 0 Å². The van der Waals surface area contributed by atoms with Crippen molar-refractivity contribution in [3.8, 4) is 0 Å². The van der Waals surface area contributed by atoms with E-state index in [4.69, 9.17) is 10.5 Å². The van der Waals surface area contributed by atoms with E-state index in [9.17, 15) is 4.79 Å². The molecule has 0 saturated heterocycles. The zero-order chi connectivity index (χ0) is 10.6. The van der Waals surface area contributed by atoms with Gasteiger partial charge >= 0.3 is 58.2 Å². The smallest absolute Gasteiger partial charge is 0.676 e. The van der Waals surface area contributed by atoms with Crippen molar-refractivity contribution in [3.05, 3.63) is 5.73 Å². The van der Waals surface area contributed by atoms with Crippen molar-refractivity contribution < 1.29 is 67.7 Å². The third-order valence-electron chi connectivity index (χ3n) is 1.82. The number of nitrogens with one attached hydrogen (secondary N) is 2. The minimum Gasteiger partial charge on any atom is -0.676 e. The van der Waals surface area contributed by atoms with E-state index in [-0.39, 0.29) is 70.6 Å². The summed E-state index contributed by atoms with van der Waals surface area (Å²) in [6.07, 6.45) is 3.79. The van der Waals surface area contributed by atoms with Gasteiger partial charge in [0, 0.05) is 19.6 Å². The van der Waals surface area contributed by atoms with Crippen LogP contribution in [-0.4, -0.2) is 32.2 Å². The maximum Gasteiger partial charge on any atom is 1.00 e. The van der Waals surface area contributed by atoms with Gasteiger partial charge < -0.3 is 15.8 Å². The van der Waals surface area contributed by atoms with Crippen molar-refractivity contribution >= 4 is 5.91 Å². The van der Waals surface area contributed by atoms with E-state index >= 15 is 0 Å². The monoisotopic (exact) mass is 286 g/mol. The Morgan fingerprint density at radius 1 is 1.33 bits per heavy atom. The van der Waals surface area contributed by atoms with Crippen LogP contribution in [-0.2, 0) is 9.53 Å². The number of carbonyl (C=O) groups excluding carboxylic acids is 1. The third-order valence-corrected chi connectivity index (χ3v) is 1.82. The van der Waals surface area contributed by atoms with Gasteiger partial charge in [0.2, 0.25) is 5.91 Å². The Kier molecular flexibility index (Phi) is 18.8. The molecule has 84 valence electrons. The molecule has 0 aliphatic rings. The number of hydrogen-bond acceptors (Lipinski definition) is 2.